The largest absolute Gasteiger partial charge is 0.465 e. The number of nitrogens with one attached hydrogen (secondary N) is 1. The van der Waals surface area contributed by atoms with Gasteiger partial charge in [-0.1, -0.05) is 37.3 Å². The fraction of sp³-hybridized carbons (Fsp3) is 0.435. The average Bonchev–Trinajstić information content (AvgIpc) is 3.17. The molecule has 31 heavy (non-hydrogen) atoms. The summed E-state index contributed by atoms with van der Waals surface area (Å²) in [6.07, 6.45) is 0.733. The first-order chi connectivity index (χ1) is 15.0. The second-order valence-electron chi connectivity index (χ2n) is 7.41. The van der Waals surface area contributed by atoms with Crippen LogP contribution in [0.25, 0.3) is 0 Å². The molecule has 0 unspecified atom stereocenters. The third-order valence-corrected chi connectivity index (χ3v) is 5.30. The van der Waals surface area contributed by atoms with E-state index < -0.39 is 5.97 Å². The Balaban J connectivity index is 1.84. The average molecular weight is 428 g/mol. The van der Waals surface area contributed by atoms with E-state index in [4.69, 9.17) is 9.47 Å². The van der Waals surface area contributed by atoms with Crippen LogP contribution >= 0.6 is 0 Å². The number of aromatic nitrogens is 1. The van der Waals surface area contributed by atoms with Crippen LogP contribution in [0.15, 0.2) is 36.4 Å². The van der Waals surface area contributed by atoms with Gasteiger partial charge in [-0.25, -0.2) is 0 Å². The predicted octanol–water partition coefficient (Wildman–Crippen LogP) is 2.53. The van der Waals surface area contributed by atoms with Crippen LogP contribution in [0.2, 0.25) is 0 Å². The number of likely N-dealkylation sites (N-methyl/N-ethyl adjacent to an activating group) is 1. The third-order valence-electron chi connectivity index (χ3n) is 5.30. The second kappa shape index (κ2) is 10.3. The van der Waals surface area contributed by atoms with Gasteiger partial charge in [0.1, 0.15) is 12.2 Å². The molecule has 0 aliphatic carbocycles. The second-order valence-corrected chi connectivity index (χ2v) is 7.41. The molecule has 0 spiro atoms. The lowest BCUT2D eigenvalue weighted by Crippen LogP contribution is -2.35. The van der Waals surface area contributed by atoms with Crippen LogP contribution in [0.3, 0.4) is 0 Å². The molecule has 3 rings (SSSR count). The SMILES string of the molecule is CCOC(=O)CN(C)C(=O)c1cc(C(=O)N[C@H](CC)c2ccccc2)c2n1CCOC2. The Kier molecular flexibility index (Phi) is 7.46. The van der Waals surface area contributed by atoms with Crippen LogP contribution in [-0.4, -0.2) is 54.1 Å². The normalized spacial score (nSPS) is 13.8. The fourth-order valence-electron chi connectivity index (χ4n) is 3.71. The van der Waals surface area contributed by atoms with Gasteiger partial charge in [-0.05, 0) is 25.0 Å². The van der Waals surface area contributed by atoms with Crippen LogP contribution < -0.4 is 5.32 Å². The summed E-state index contributed by atoms with van der Waals surface area (Å²) in [7, 11) is 1.54. The van der Waals surface area contributed by atoms with E-state index in [1.54, 1.807) is 20.0 Å². The third kappa shape index (κ3) is 5.14. The summed E-state index contributed by atoms with van der Waals surface area (Å²) >= 11 is 0. The number of esters is 1. The van der Waals surface area contributed by atoms with Crippen molar-refractivity contribution in [1.82, 2.24) is 14.8 Å². The van der Waals surface area contributed by atoms with Crippen molar-refractivity contribution in [2.45, 2.75) is 39.5 Å². The standard InChI is InChI=1S/C23H29N3O5/c1-4-18(16-9-7-6-8-10-16)24-22(28)17-13-19(26-11-12-30-15-20(17)26)23(29)25(3)14-21(27)31-5-2/h6-10,13,18H,4-5,11-12,14-15H2,1-3H3,(H,24,28)/t18-/m1/s1. The summed E-state index contributed by atoms with van der Waals surface area (Å²) < 4.78 is 12.3. The van der Waals surface area contributed by atoms with Crippen molar-refractivity contribution in [3.05, 3.63) is 58.9 Å². The molecule has 2 amide bonds. The molecular weight excluding hydrogens is 398 g/mol. The van der Waals surface area contributed by atoms with E-state index in [-0.39, 0.29) is 37.6 Å². The maximum Gasteiger partial charge on any atom is 0.325 e. The molecule has 0 saturated carbocycles. The molecule has 0 saturated heterocycles. The van der Waals surface area contributed by atoms with E-state index in [0.717, 1.165) is 12.0 Å². The Morgan fingerprint density at radius 1 is 1.23 bits per heavy atom. The van der Waals surface area contributed by atoms with E-state index in [1.165, 1.54) is 4.90 Å². The molecule has 2 aromatic rings. The summed E-state index contributed by atoms with van der Waals surface area (Å²) in [6, 6.07) is 11.2. The Hall–Kier alpha value is -3.13. The van der Waals surface area contributed by atoms with Crippen LogP contribution in [0.4, 0.5) is 0 Å². The number of carbonyl (C=O) groups excluding carboxylic acids is 3. The van der Waals surface area contributed by atoms with Crippen molar-refractivity contribution in [3.8, 4) is 0 Å². The Bertz CT molecular complexity index is 938. The van der Waals surface area contributed by atoms with E-state index in [1.807, 2.05) is 41.8 Å². The molecule has 0 bridgehead atoms. The summed E-state index contributed by atoms with van der Waals surface area (Å²) in [6.45, 7) is 4.99. The number of hydrogen-bond acceptors (Lipinski definition) is 5. The minimum atomic E-state index is -0.473. The molecule has 0 fully saturated rings. The minimum absolute atomic E-state index is 0.139. The van der Waals surface area contributed by atoms with Crippen LogP contribution in [-0.2, 0) is 27.4 Å². The van der Waals surface area contributed by atoms with Crippen molar-refractivity contribution in [1.29, 1.82) is 0 Å². The molecule has 166 valence electrons. The maximum absolute atomic E-state index is 13.1. The maximum atomic E-state index is 13.1. The zero-order valence-corrected chi connectivity index (χ0v) is 18.2. The van der Waals surface area contributed by atoms with Crippen molar-refractivity contribution in [2.24, 2.45) is 0 Å². The van der Waals surface area contributed by atoms with Gasteiger partial charge >= 0.3 is 5.97 Å². The quantitative estimate of drug-likeness (QED) is 0.654. The molecule has 1 aromatic heterocycles. The number of nitrogens with zero attached hydrogens (tertiary/aromatic N) is 2. The first kappa shape index (κ1) is 22.6. The summed E-state index contributed by atoms with van der Waals surface area (Å²) in [5.41, 5.74) is 2.47. The van der Waals surface area contributed by atoms with Crippen LogP contribution in [0, 0.1) is 0 Å². The Morgan fingerprint density at radius 3 is 2.65 bits per heavy atom. The highest BCUT2D eigenvalue weighted by Crippen LogP contribution is 2.24. The molecule has 1 N–H and O–H groups in total. The molecule has 2 heterocycles. The van der Waals surface area contributed by atoms with Gasteiger partial charge < -0.3 is 24.3 Å². The zero-order chi connectivity index (χ0) is 22.4. The van der Waals surface area contributed by atoms with Crippen LogP contribution in [0.1, 0.15) is 58.4 Å². The highest BCUT2D eigenvalue weighted by molar-refractivity contribution is 6.01. The van der Waals surface area contributed by atoms with E-state index >= 15 is 0 Å². The van der Waals surface area contributed by atoms with Crippen LogP contribution in [0.5, 0.6) is 0 Å². The molecule has 0 radical (unpaired) electrons. The smallest absolute Gasteiger partial charge is 0.325 e. The minimum Gasteiger partial charge on any atom is -0.465 e. The van der Waals surface area contributed by atoms with E-state index in [9.17, 15) is 14.4 Å². The van der Waals surface area contributed by atoms with Gasteiger partial charge in [-0.2, -0.15) is 0 Å². The van der Waals surface area contributed by atoms with Crippen molar-refractivity contribution in [3.63, 3.8) is 0 Å². The number of hydrogen-bond donors (Lipinski definition) is 1. The molecule has 1 aliphatic rings. The van der Waals surface area contributed by atoms with E-state index in [0.29, 0.717) is 30.1 Å². The monoisotopic (exact) mass is 427 g/mol. The number of carbonyl (C=O) groups is 3. The van der Waals surface area contributed by atoms with Gasteiger partial charge in [0.15, 0.2) is 0 Å². The molecule has 8 nitrogen and oxygen atoms in total. The topological polar surface area (TPSA) is 89.9 Å². The van der Waals surface area contributed by atoms with Crippen molar-refractivity contribution < 1.29 is 23.9 Å². The summed E-state index contributed by atoms with van der Waals surface area (Å²) in [5.74, 6) is -1.07. The van der Waals surface area contributed by atoms with Gasteiger partial charge in [0.2, 0.25) is 0 Å². The first-order valence-corrected chi connectivity index (χ1v) is 10.5. The summed E-state index contributed by atoms with van der Waals surface area (Å²) in [4.78, 5) is 39.2. The number of fused-ring (bicyclic) bond motifs is 1. The number of amides is 2. The fourth-order valence-corrected chi connectivity index (χ4v) is 3.71. The van der Waals surface area contributed by atoms with Gasteiger partial charge in [0.25, 0.3) is 11.8 Å². The van der Waals surface area contributed by atoms with Gasteiger partial charge in [0.05, 0.1) is 37.1 Å². The highest BCUT2D eigenvalue weighted by Gasteiger charge is 2.29. The van der Waals surface area contributed by atoms with E-state index in [2.05, 4.69) is 5.32 Å². The molecule has 1 aromatic carbocycles. The lowest BCUT2D eigenvalue weighted by molar-refractivity contribution is -0.143. The molecule has 1 aliphatic heterocycles. The Morgan fingerprint density at radius 2 is 1.97 bits per heavy atom. The molecule has 8 heteroatoms. The number of ether oxygens (including phenoxy) is 2. The lowest BCUT2D eigenvalue weighted by atomic mass is 10.0. The van der Waals surface area contributed by atoms with Gasteiger partial charge in [0, 0.05) is 13.6 Å². The Labute approximate surface area is 182 Å². The van der Waals surface area contributed by atoms with Crippen molar-refractivity contribution >= 4 is 17.8 Å². The lowest BCUT2D eigenvalue weighted by Gasteiger charge is -2.22. The highest BCUT2D eigenvalue weighted by atomic mass is 16.5. The summed E-state index contributed by atoms with van der Waals surface area (Å²) in [5, 5.41) is 3.07. The number of benzene rings is 1. The molecular formula is C23H29N3O5. The van der Waals surface area contributed by atoms with Gasteiger partial charge in [-0.15, -0.1) is 0 Å². The van der Waals surface area contributed by atoms with Crippen molar-refractivity contribution in [2.75, 3.05) is 26.8 Å². The zero-order valence-electron chi connectivity index (χ0n) is 18.2. The first-order valence-electron chi connectivity index (χ1n) is 10.5. The van der Waals surface area contributed by atoms with Gasteiger partial charge in [-0.3, -0.25) is 14.4 Å². The molecule has 1 atom stereocenters. The predicted molar refractivity (Wildman–Crippen MR) is 115 cm³/mol. The number of rotatable bonds is 8.